The number of aromatic nitrogens is 1. The predicted octanol–water partition coefficient (Wildman–Crippen LogP) is 4.73. The number of carbonyl (C=O) groups is 1. The molecule has 1 saturated carbocycles. The molecule has 0 spiro atoms. The summed E-state index contributed by atoms with van der Waals surface area (Å²) in [6, 6.07) is 28.7. The first-order valence-electron chi connectivity index (χ1n) is 18.1. The van der Waals surface area contributed by atoms with Crippen molar-refractivity contribution in [2.75, 3.05) is 11.9 Å². The minimum Gasteiger partial charge on any atom is -0.396 e. The van der Waals surface area contributed by atoms with Crippen molar-refractivity contribution in [1.82, 2.24) is 4.57 Å². The zero-order valence-electron chi connectivity index (χ0n) is 31.0. The summed E-state index contributed by atoms with van der Waals surface area (Å²) in [5, 5.41) is 14.5. The summed E-state index contributed by atoms with van der Waals surface area (Å²) in [5.41, 5.74) is 0.706. The summed E-state index contributed by atoms with van der Waals surface area (Å²) < 4.78 is 67.1. The first-order valence-corrected chi connectivity index (χ1v) is 18.1. The molecule has 1 aliphatic heterocycles. The molecule has 54 heavy (non-hydrogen) atoms. The highest BCUT2D eigenvalue weighted by atomic mass is 19.3. The van der Waals surface area contributed by atoms with Crippen molar-refractivity contribution >= 4 is 46.0 Å². The number of ether oxygens (including phenoxy) is 4. The zero-order valence-corrected chi connectivity index (χ0v) is 31.0. The minimum atomic E-state index is -3.78. The van der Waals surface area contributed by atoms with Crippen molar-refractivity contribution in [2.24, 2.45) is 0 Å². The van der Waals surface area contributed by atoms with Crippen molar-refractivity contribution in [3.63, 3.8) is 0 Å². The van der Waals surface area contributed by atoms with Crippen LogP contribution in [0.25, 0.3) is 10.9 Å². The molecule has 7 rings (SSSR count). The summed E-state index contributed by atoms with van der Waals surface area (Å²) in [6.07, 6.45) is -2.88. The Kier molecular flexibility index (Phi) is 9.69. The van der Waals surface area contributed by atoms with Gasteiger partial charge in [-0.3, -0.25) is 4.79 Å². The topological polar surface area (TPSA) is 91.2 Å². The van der Waals surface area contributed by atoms with Gasteiger partial charge >= 0.3 is 6.29 Å². The van der Waals surface area contributed by atoms with Crippen molar-refractivity contribution < 1.29 is 42.0 Å². The van der Waals surface area contributed by atoms with E-state index in [4.69, 9.17) is 9.47 Å². The Bertz CT molecular complexity index is 2180. The maximum absolute atomic E-state index is 16.1. The zero-order chi connectivity index (χ0) is 38.5. The van der Waals surface area contributed by atoms with E-state index >= 15 is 4.39 Å². The molecule has 1 fully saturated rings. The molecule has 0 saturated heterocycles. The van der Waals surface area contributed by atoms with Gasteiger partial charge in [0.25, 0.3) is 0 Å². The van der Waals surface area contributed by atoms with Crippen molar-refractivity contribution in [1.29, 1.82) is 0 Å². The molecule has 278 valence electrons. The third-order valence-corrected chi connectivity index (χ3v) is 10.9. The number of hydrogen-bond acceptors (Lipinski definition) is 6. The van der Waals surface area contributed by atoms with Gasteiger partial charge in [0.2, 0.25) is 5.91 Å². The van der Waals surface area contributed by atoms with Crippen molar-refractivity contribution in [2.45, 2.75) is 74.5 Å². The number of anilines is 1. The number of rotatable bonds is 14. The molecule has 2 N–H and O–H groups in total. The lowest BCUT2D eigenvalue weighted by atomic mass is 9.49. The van der Waals surface area contributed by atoms with Gasteiger partial charge < -0.3 is 33.9 Å². The van der Waals surface area contributed by atoms with Crippen LogP contribution in [0.15, 0.2) is 97.1 Å². The maximum Gasteiger partial charge on any atom is 0.586 e. The van der Waals surface area contributed by atoms with E-state index in [-0.39, 0.29) is 23.7 Å². The summed E-state index contributed by atoms with van der Waals surface area (Å²) in [6.45, 7) is 5.15. The molecule has 8 nitrogen and oxygen atoms in total. The number of alkyl halides is 2. The fraction of sp³-hybridized carbons (Fsp3) is 0.325. The molecular weight excluding hydrogens is 694 g/mol. The Morgan fingerprint density at radius 3 is 2.17 bits per heavy atom. The fourth-order valence-corrected chi connectivity index (χ4v) is 6.94. The van der Waals surface area contributed by atoms with Gasteiger partial charge in [0.1, 0.15) is 29.4 Å². The Morgan fingerprint density at radius 1 is 0.889 bits per heavy atom. The molecule has 1 amide bonds. The number of benzene rings is 4. The van der Waals surface area contributed by atoms with Crippen molar-refractivity contribution in [3.8, 4) is 11.5 Å². The molecule has 0 bridgehead atoms. The molecule has 4 aromatic carbocycles. The van der Waals surface area contributed by atoms with E-state index < -0.39 is 39.7 Å². The molecule has 1 unspecified atom stereocenters. The molecule has 1 aliphatic carbocycles. The van der Waals surface area contributed by atoms with Crippen LogP contribution in [0.4, 0.5) is 18.9 Å². The number of fused-ring (bicyclic) bond motifs is 2. The third-order valence-electron chi connectivity index (χ3n) is 10.9. The monoisotopic (exact) mass is 736 g/mol. The van der Waals surface area contributed by atoms with Gasteiger partial charge in [0.15, 0.2) is 11.5 Å². The molecule has 14 heteroatoms. The Hall–Kier alpha value is -4.65. The second kappa shape index (κ2) is 13.9. The Morgan fingerprint density at radius 2 is 1.52 bits per heavy atom. The average molecular weight is 736 g/mol. The quantitative estimate of drug-likeness (QED) is 0.161. The fourth-order valence-electron chi connectivity index (χ4n) is 6.94. The van der Waals surface area contributed by atoms with E-state index in [1.807, 2.05) is 101 Å². The van der Waals surface area contributed by atoms with Gasteiger partial charge in [-0.2, -0.15) is 0 Å². The van der Waals surface area contributed by atoms with E-state index in [2.05, 4.69) is 14.8 Å². The highest BCUT2D eigenvalue weighted by molar-refractivity contribution is 6.44. The standard InChI is InChI=1S/C40H42B3F3N2O6/c1-36(2,24-51-21-25-9-5-3-6-10-25)34-18-27-17-30(47-35(49)37(15-16-37)28-13-14-32-33(19-28)54-40(45,46)53-32)29(44)20-31(27)48(34)23-38(41,50)39(42,43)52-22-26-11-7-4-8-12-26/h3-14,17-20,50H,15-16,21-24,41-43H2,1-2H3,(H,47,49). The Labute approximate surface area is 315 Å². The van der Waals surface area contributed by atoms with Crippen LogP contribution in [0.1, 0.15) is 49.1 Å². The molecule has 2 heterocycles. The summed E-state index contributed by atoms with van der Waals surface area (Å²) in [7, 11) is 5.38. The molecule has 5 aromatic rings. The highest BCUT2D eigenvalue weighted by Gasteiger charge is 2.53. The molecule has 0 radical (unpaired) electrons. The Balaban J connectivity index is 1.19. The second-order valence-corrected chi connectivity index (χ2v) is 15.8. The normalized spacial score (nSPS) is 16.9. The van der Waals surface area contributed by atoms with E-state index in [0.29, 0.717) is 49.1 Å². The SMILES string of the molecule is BC(O)(Cn1c(C(C)(C)COCc2ccccc2)cc2cc(NC(=O)C3(c4ccc5c(c4)OC(F)(F)O5)CC3)c(F)cc21)C(B)(B)OCc1ccccc1. The lowest BCUT2D eigenvalue weighted by molar-refractivity contribution is -0.286. The number of halogens is 3. The van der Waals surface area contributed by atoms with Crippen LogP contribution < -0.4 is 14.8 Å². The second-order valence-electron chi connectivity index (χ2n) is 15.8. The number of carbonyl (C=O) groups excluding carboxylic acids is 1. The van der Waals surface area contributed by atoms with Gasteiger partial charge in [-0.25, -0.2) is 4.39 Å². The first kappa shape index (κ1) is 37.7. The number of aliphatic hydroxyl groups is 1. The van der Waals surface area contributed by atoms with Crippen LogP contribution in [0.3, 0.4) is 0 Å². The minimum absolute atomic E-state index is 0.0221. The molecule has 1 aromatic heterocycles. The van der Waals surface area contributed by atoms with Crippen LogP contribution in [0.5, 0.6) is 11.5 Å². The largest absolute Gasteiger partial charge is 0.586 e. The molecule has 1 atom stereocenters. The lowest BCUT2D eigenvalue weighted by Gasteiger charge is -2.42. The van der Waals surface area contributed by atoms with Crippen LogP contribution >= 0.6 is 0 Å². The summed E-state index contributed by atoms with van der Waals surface area (Å²) in [4.78, 5) is 13.8. The smallest absolute Gasteiger partial charge is 0.396 e. The van der Waals surface area contributed by atoms with Gasteiger partial charge in [0.05, 0.1) is 41.9 Å². The highest BCUT2D eigenvalue weighted by Crippen LogP contribution is 2.52. The summed E-state index contributed by atoms with van der Waals surface area (Å²) >= 11 is 0. The van der Waals surface area contributed by atoms with Gasteiger partial charge in [0, 0.05) is 34.5 Å². The van der Waals surface area contributed by atoms with Gasteiger partial charge in [-0.05, 0) is 53.8 Å². The average Bonchev–Trinajstić information content (AvgIpc) is 3.78. The maximum atomic E-state index is 16.1. The van der Waals surface area contributed by atoms with Gasteiger partial charge in [-0.1, -0.05) is 80.6 Å². The van der Waals surface area contributed by atoms with E-state index in [1.165, 1.54) is 18.2 Å². The van der Waals surface area contributed by atoms with Crippen LogP contribution in [-0.4, -0.2) is 62.9 Å². The third kappa shape index (κ3) is 7.52. The first-order chi connectivity index (χ1) is 25.5. The number of hydrogen-bond donors (Lipinski definition) is 2. The number of nitrogens with one attached hydrogen (secondary N) is 1. The summed E-state index contributed by atoms with van der Waals surface area (Å²) in [5.74, 6) is -1.39. The van der Waals surface area contributed by atoms with Crippen LogP contribution in [0.2, 0.25) is 0 Å². The number of amides is 1. The van der Waals surface area contributed by atoms with Crippen molar-refractivity contribution in [3.05, 3.63) is 125 Å². The lowest BCUT2D eigenvalue weighted by Crippen LogP contribution is -2.60. The number of nitrogens with zero attached hydrogens (tertiary/aromatic N) is 1. The van der Waals surface area contributed by atoms with E-state index in [9.17, 15) is 18.7 Å². The van der Waals surface area contributed by atoms with E-state index in [1.54, 1.807) is 20.0 Å². The van der Waals surface area contributed by atoms with E-state index in [0.717, 1.165) is 16.8 Å². The molecular formula is C40H42B3F3N2O6. The van der Waals surface area contributed by atoms with Crippen LogP contribution in [-0.2, 0) is 44.9 Å². The van der Waals surface area contributed by atoms with Crippen LogP contribution in [0, 0.1) is 5.82 Å². The predicted molar refractivity (Wildman–Crippen MR) is 208 cm³/mol. The van der Waals surface area contributed by atoms with Gasteiger partial charge in [-0.15, -0.1) is 8.78 Å². The molecule has 2 aliphatic rings.